The monoisotopic (exact) mass is 343 g/mol. The van der Waals surface area contributed by atoms with E-state index in [9.17, 15) is 9.90 Å². The number of anilines is 1. The number of hydrogen-bond acceptors (Lipinski definition) is 5. The molecule has 3 rings (SSSR count). The number of hydrogen-bond donors (Lipinski definition) is 1. The Hall–Kier alpha value is -2.41. The van der Waals surface area contributed by atoms with Crippen LogP contribution in [-0.2, 0) is 11.3 Å². The van der Waals surface area contributed by atoms with Gasteiger partial charge < -0.3 is 14.9 Å². The molecule has 0 spiro atoms. The van der Waals surface area contributed by atoms with Gasteiger partial charge in [0.2, 0.25) is 5.91 Å². The van der Waals surface area contributed by atoms with E-state index in [1.54, 1.807) is 22.8 Å². The predicted molar refractivity (Wildman–Crippen MR) is 95.2 cm³/mol. The molecule has 7 nitrogen and oxygen atoms in total. The van der Waals surface area contributed by atoms with Crippen LogP contribution in [-0.4, -0.2) is 63.0 Å². The first-order valence-electron chi connectivity index (χ1n) is 8.58. The minimum Gasteiger partial charge on any atom is -0.386 e. The lowest BCUT2D eigenvalue weighted by atomic mass is 10.0. The van der Waals surface area contributed by atoms with E-state index in [2.05, 4.69) is 15.0 Å². The van der Waals surface area contributed by atoms with Gasteiger partial charge in [-0.15, -0.1) is 0 Å². The zero-order chi connectivity index (χ0) is 17.9. The number of β-amino-alcohol motifs (C(OH)–C–C–N with tert-alkyl or cyclic N) is 1. The van der Waals surface area contributed by atoms with Crippen LogP contribution in [0.25, 0.3) is 0 Å². The van der Waals surface area contributed by atoms with Gasteiger partial charge in [-0.1, -0.05) is 6.07 Å². The molecule has 3 heterocycles. The number of aryl methyl sites for hydroxylation is 2. The largest absolute Gasteiger partial charge is 0.386 e. The molecule has 0 radical (unpaired) electrons. The summed E-state index contributed by atoms with van der Waals surface area (Å²) in [5.41, 5.74) is 0.0419. The van der Waals surface area contributed by atoms with E-state index in [1.807, 2.05) is 37.4 Å². The van der Waals surface area contributed by atoms with E-state index in [1.165, 1.54) is 0 Å². The number of carbonyl (C=O) groups excluding carboxylic acids is 1. The highest BCUT2D eigenvalue weighted by molar-refractivity contribution is 5.75. The topological polar surface area (TPSA) is 74.5 Å². The van der Waals surface area contributed by atoms with E-state index < -0.39 is 5.60 Å². The molecule has 25 heavy (non-hydrogen) atoms. The van der Waals surface area contributed by atoms with Crippen molar-refractivity contribution in [2.45, 2.75) is 31.9 Å². The molecule has 0 aromatic carbocycles. The number of aromatic nitrogens is 3. The van der Waals surface area contributed by atoms with E-state index in [-0.39, 0.29) is 5.91 Å². The highest BCUT2D eigenvalue weighted by atomic mass is 16.3. The number of aliphatic hydroxyl groups is 1. The van der Waals surface area contributed by atoms with Crippen molar-refractivity contribution in [3.63, 3.8) is 0 Å². The predicted octanol–water partition coefficient (Wildman–Crippen LogP) is 1.08. The molecule has 1 saturated heterocycles. The Morgan fingerprint density at radius 1 is 1.40 bits per heavy atom. The summed E-state index contributed by atoms with van der Waals surface area (Å²) < 4.78 is 1.77. The minimum absolute atomic E-state index is 0.0119. The third-order valence-electron chi connectivity index (χ3n) is 4.59. The maximum absolute atomic E-state index is 12.4. The third kappa shape index (κ3) is 4.36. The molecule has 2 aromatic rings. The Balaban J connectivity index is 1.51. The second kappa shape index (κ2) is 7.23. The van der Waals surface area contributed by atoms with Crippen LogP contribution in [0.4, 0.5) is 5.82 Å². The Morgan fingerprint density at radius 2 is 2.24 bits per heavy atom. The molecule has 1 atom stereocenters. The van der Waals surface area contributed by atoms with Crippen molar-refractivity contribution in [1.29, 1.82) is 0 Å². The third-order valence-corrected chi connectivity index (χ3v) is 4.59. The van der Waals surface area contributed by atoms with Gasteiger partial charge in [-0.3, -0.25) is 9.48 Å². The number of carbonyl (C=O) groups is 1. The molecule has 1 amide bonds. The van der Waals surface area contributed by atoms with Crippen LogP contribution in [0.3, 0.4) is 0 Å². The first-order chi connectivity index (χ1) is 12.0. The van der Waals surface area contributed by atoms with Crippen molar-refractivity contribution in [3.05, 3.63) is 42.4 Å². The molecule has 1 aliphatic rings. The van der Waals surface area contributed by atoms with Crippen molar-refractivity contribution in [1.82, 2.24) is 19.7 Å². The summed E-state index contributed by atoms with van der Waals surface area (Å²) in [5, 5.41) is 15.1. The van der Waals surface area contributed by atoms with Crippen molar-refractivity contribution in [3.8, 4) is 0 Å². The zero-order valence-electron chi connectivity index (χ0n) is 14.8. The number of rotatable bonds is 6. The van der Waals surface area contributed by atoms with Gasteiger partial charge in [0, 0.05) is 45.5 Å². The maximum Gasteiger partial charge on any atom is 0.224 e. The lowest BCUT2D eigenvalue weighted by molar-refractivity contribution is -0.133. The molecular weight excluding hydrogens is 318 g/mol. The van der Waals surface area contributed by atoms with Gasteiger partial charge in [0.15, 0.2) is 0 Å². The van der Waals surface area contributed by atoms with Crippen LogP contribution in [0.1, 0.15) is 18.5 Å². The Kier molecular flexibility index (Phi) is 5.03. The quantitative estimate of drug-likeness (QED) is 0.849. The normalized spacial score (nSPS) is 20.0. The van der Waals surface area contributed by atoms with E-state index >= 15 is 0 Å². The number of nitrogens with zero attached hydrogens (tertiary/aromatic N) is 5. The van der Waals surface area contributed by atoms with Gasteiger partial charge in [-0.05, 0) is 31.5 Å². The fourth-order valence-corrected chi connectivity index (χ4v) is 3.24. The summed E-state index contributed by atoms with van der Waals surface area (Å²) in [7, 11) is 1.75. The fourth-order valence-electron chi connectivity index (χ4n) is 3.24. The summed E-state index contributed by atoms with van der Waals surface area (Å²) in [6.07, 6.45) is 4.62. The Bertz CT molecular complexity index is 717. The molecule has 1 fully saturated rings. The molecule has 0 saturated carbocycles. The molecule has 1 N–H and O–H groups in total. The van der Waals surface area contributed by atoms with E-state index in [4.69, 9.17) is 0 Å². The number of likely N-dealkylation sites (N-methyl/N-ethyl adjacent to an activating group) is 1. The van der Waals surface area contributed by atoms with Crippen LogP contribution in [0.5, 0.6) is 0 Å². The standard InChI is InChI=1S/C18H25N5O2/c1-15-6-10-23(20-15)11-7-17(24)21(2)13-18(25)8-12-22(14-18)16-5-3-4-9-19-16/h3-6,9-10,25H,7-8,11-14H2,1-2H3/t18-/m0/s1. The van der Waals surface area contributed by atoms with E-state index in [0.29, 0.717) is 32.5 Å². The van der Waals surface area contributed by atoms with Crippen molar-refractivity contribution in [2.75, 3.05) is 31.6 Å². The van der Waals surface area contributed by atoms with Crippen molar-refractivity contribution < 1.29 is 9.90 Å². The van der Waals surface area contributed by atoms with Gasteiger partial charge in [-0.2, -0.15) is 5.10 Å². The second-order valence-corrected chi connectivity index (χ2v) is 6.80. The highest BCUT2D eigenvalue weighted by Gasteiger charge is 2.38. The van der Waals surface area contributed by atoms with Crippen LogP contribution in [0, 0.1) is 6.92 Å². The maximum atomic E-state index is 12.4. The Morgan fingerprint density at radius 3 is 2.92 bits per heavy atom. The molecular formula is C18H25N5O2. The summed E-state index contributed by atoms with van der Waals surface area (Å²) >= 11 is 0. The second-order valence-electron chi connectivity index (χ2n) is 6.80. The zero-order valence-corrected chi connectivity index (χ0v) is 14.8. The van der Waals surface area contributed by atoms with Gasteiger partial charge in [-0.25, -0.2) is 4.98 Å². The van der Waals surface area contributed by atoms with Crippen molar-refractivity contribution >= 4 is 11.7 Å². The van der Waals surface area contributed by atoms with Gasteiger partial charge in [0.25, 0.3) is 0 Å². The van der Waals surface area contributed by atoms with Gasteiger partial charge in [0.05, 0.1) is 12.2 Å². The molecule has 0 aliphatic carbocycles. The summed E-state index contributed by atoms with van der Waals surface area (Å²) in [6, 6.07) is 7.67. The lowest BCUT2D eigenvalue weighted by Gasteiger charge is -2.29. The summed E-state index contributed by atoms with van der Waals surface area (Å²) in [6.45, 7) is 4.03. The van der Waals surface area contributed by atoms with Crippen LogP contribution < -0.4 is 4.90 Å². The van der Waals surface area contributed by atoms with Crippen LogP contribution in [0.2, 0.25) is 0 Å². The molecule has 1 aliphatic heterocycles. The molecule has 0 unspecified atom stereocenters. The van der Waals surface area contributed by atoms with Gasteiger partial charge >= 0.3 is 0 Å². The lowest BCUT2D eigenvalue weighted by Crippen LogP contribution is -2.46. The molecule has 134 valence electrons. The molecule has 7 heteroatoms. The summed E-state index contributed by atoms with van der Waals surface area (Å²) in [5.74, 6) is 0.874. The Labute approximate surface area is 147 Å². The van der Waals surface area contributed by atoms with Crippen LogP contribution >= 0.6 is 0 Å². The number of amides is 1. The smallest absolute Gasteiger partial charge is 0.224 e. The average molecular weight is 343 g/mol. The van der Waals surface area contributed by atoms with E-state index in [0.717, 1.165) is 18.1 Å². The fraction of sp³-hybridized carbons (Fsp3) is 0.500. The average Bonchev–Trinajstić information content (AvgIpc) is 3.19. The first-order valence-corrected chi connectivity index (χ1v) is 8.58. The molecule has 2 aromatic heterocycles. The van der Waals surface area contributed by atoms with Crippen molar-refractivity contribution in [2.24, 2.45) is 0 Å². The first kappa shape index (κ1) is 17.4. The van der Waals surface area contributed by atoms with Crippen LogP contribution in [0.15, 0.2) is 36.7 Å². The van der Waals surface area contributed by atoms with Gasteiger partial charge in [0.1, 0.15) is 11.4 Å². The minimum atomic E-state index is -0.899. The SMILES string of the molecule is Cc1ccn(CCC(=O)N(C)C[C@@]2(O)CCN(c3ccccn3)C2)n1. The number of pyridine rings is 1. The molecule has 0 bridgehead atoms. The summed E-state index contributed by atoms with van der Waals surface area (Å²) in [4.78, 5) is 20.4. The highest BCUT2D eigenvalue weighted by Crippen LogP contribution is 2.26.